The SMILES string of the molecule is Cc1ccc(C)c(OCC(=O)Nc2cccc(NC(=O)C(C)(C)C)c2)c1. The summed E-state index contributed by atoms with van der Waals surface area (Å²) in [6, 6.07) is 12.9. The summed E-state index contributed by atoms with van der Waals surface area (Å²) >= 11 is 0. The summed E-state index contributed by atoms with van der Waals surface area (Å²) in [6.45, 7) is 9.37. The van der Waals surface area contributed by atoms with E-state index in [-0.39, 0.29) is 18.4 Å². The molecule has 2 rings (SSSR count). The Morgan fingerprint density at radius 1 is 0.962 bits per heavy atom. The number of anilines is 2. The van der Waals surface area contributed by atoms with Gasteiger partial charge in [-0.25, -0.2) is 0 Å². The zero-order valence-corrected chi connectivity index (χ0v) is 16.0. The molecule has 2 aromatic rings. The van der Waals surface area contributed by atoms with Crippen molar-refractivity contribution in [3.05, 3.63) is 53.6 Å². The summed E-state index contributed by atoms with van der Waals surface area (Å²) in [5.74, 6) is 0.357. The monoisotopic (exact) mass is 354 g/mol. The Morgan fingerprint density at radius 3 is 2.27 bits per heavy atom. The number of ether oxygens (including phenoxy) is 1. The highest BCUT2D eigenvalue weighted by molar-refractivity contribution is 5.96. The molecule has 0 saturated carbocycles. The second-order valence-corrected chi connectivity index (χ2v) is 7.39. The van der Waals surface area contributed by atoms with Crippen molar-refractivity contribution in [1.82, 2.24) is 0 Å². The fourth-order valence-electron chi connectivity index (χ4n) is 2.20. The summed E-state index contributed by atoms with van der Waals surface area (Å²) in [4.78, 5) is 24.2. The first kappa shape index (κ1) is 19.5. The maximum Gasteiger partial charge on any atom is 0.262 e. The minimum absolute atomic E-state index is 0.0805. The Kier molecular flexibility index (Phi) is 6.03. The number of benzene rings is 2. The number of aryl methyl sites for hydroxylation is 2. The molecule has 2 aromatic carbocycles. The van der Waals surface area contributed by atoms with Gasteiger partial charge in [0.1, 0.15) is 5.75 Å². The molecule has 0 unspecified atom stereocenters. The number of nitrogens with one attached hydrogen (secondary N) is 2. The third-order valence-electron chi connectivity index (χ3n) is 3.79. The van der Waals surface area contributed by atoms with E-state index in [0.717, 1.165) is 11.1 Å². The van der Waals surface area contributed by atoms with Gasteiger partial charge in [-0.05, 0) is 49.2 Å². The minimum atomic E-state index is -0.487. The van der Waals surface area contributed by atoms with Crippen LogP contribution < -0.4 is 15.4 Å². The van der Waals surface area contributed by atoms with E-state index in [4.69, 9.17) is 4.74 Å². The first-order valence-electron chi connectivity index (χ1n) is 8.56. The van der Waals surface area contributed by atoms with Crippen LogP contribution in [0.4, 0.5) is 11.4 Å². The van der Waals surface area contributed by atoms with Crippen LogP contribution >= 0.6 is 0 Å². The Labute approximate surface area is 154 Å². The average Bonchev–Trinajstić information content (AvgIpc) is 2.55. The van der Waals surface area contributed by atoms with Gasteiger partial charge in [-0.15, -0.1) is 0 Å². The van der Waals surface area contributed by atoms with Crippen LogP contribution in [0.3, 0.4) is 0 Å². The van der Waals surface area contributed by atoms with Gasteiger partial charge in [0.2, 0.25) is 5.91 Å². The van der Waals surface area contributed by atoms with Gasteiger partial charge in [0.25, 0.3) is 5.91 Å². The molecule has 0 aliphatic rings. The van der Waals surface area contributed by atoms with Crippen LogP contribution in [0.1, 0.15) is 31.9 Å². The quantitative estimate of drug-likeness (QED) is 0.841. The molecule has 0 fully saturated rings. The average molecular weight is 354 g/mol. The van der Waals surface area contributed by atoms with E-state index in [1.54, 1.807) is 24.3 Å². The molecule has 0 bridgehead atoms. The fourth-order valence-corrected chi connectivity index (χ4v) is 2.20. The van der Waals surface area contributed by atoms with Gasteiger partial charge >= 0.3 is 0 Å². The lowest BCUT2D eigenvalue weighted by atomic mass is 9.95. The zero-order valence-electron chi connectivity index (χ0n) is 16.0. The van der Waals surface area contributed by atoms with Crippen molar-refractivity contribution >= 4 is 23.2 Å². The topological polar surface area (TPSA) is 67.4 Å². The number of hydrogen-bond donors (Lipinski definition) is 2. The van der Waals surface area contributed by atoms with Crippen LogP contribution in [0.25, 0.3) is 0 Å². The molecule has 138 valence electrons. The second-order valence-electron chi connectivity index (χ2n) is 7.39. The Bertz CT molecular complexity index is 807. The normalized spacial score (nSPS) is 11.0. The molecular formula is C21H26N2O3. The smallest absolute Gasteiger partial charge is 0.262 e. The van der Waals surface area contributed by atoms with E-state index < -0.39 is 5.41 Å². The van der Waals surface area contributed by atoms with Crippen molar-refractivity contribution in [3.63, 3.8) is 0 Å². The highest BCUT2D eigenvalue weighted by atomic mass is 16.5. The van der Waals surface area contributed by atoms with Gasteiger partial charge in [0.05, 0.1) is 0 Å². The van der Waals surface area contributed by atoms with E-state index in [1.807, 2.05) is 52.8 Å². The summed E-state index contributed by atoms with van der Waals surface area (Å²) in [5.41, 5.74) is 2.81. The highest BCUT2D eigenvalue weighted by Crippen LogP contribution is 2.21. The minimum Gasteiger partial charge on any atom is -0.483 e. The molecule has 2 N–H and O–H groups in total. The summed E-state index contributed by atoms with van der Waals surface area (Å²) in [7, 11) is 0. The van der Waals surface area contributed by atoms with E-state index in [1.165, 1.54) is 0 Å². The molecular weight excluding hydrogens is 328 g/mol. The predicted octanol–water partition coefficient (Wildman–Crippen LogP) is 4.31. The molecule has 0 spiro atoms. The Hall–Kier alpha value is -2.82. The van der Waals surface area contributed by atoms with Crippen LogP contribution in [0, 0.1) is 19.3 Å². The van der Waals surface area contributed by atoms with E-state index in [9.17, 15) is 9.59 Å². The van der Waals surface area contributed by atoms with Crippen LogP contribution in [0.15, 0.2) is 42.5 Å². The molecule has 5 nitrogen and oxygen atoms in total. The lowest BCUT2D eigenvalue weighted by Crippen LogP contribution is -2.27. The molecule has 5 heteroatoms. The highest BCUT2D eigenvalue weighted by Gasteiger charge is 2.21. The molecule has 0 aliphatic heterocycles. The fraction of sp³-hybridized carbons (Fsp3) is 0.333. The van der Waals surface area contributed by atoms with Crippen molar-refractivity contribution in [2.45, 2.75) is 34.6 Å². The van der Waals surface area contributed by atoms with Gasteiger partial charge in [0, 0.05) is 16.8 Å². The molecule has 0 heterocycles. The number of hydrogen-bond acceptors (Lipinski definition) is 3. The van der Waals surface area contributed by atoms with Gasteiger partial charge in [0.15, 0.2) is 6.61 Å². The van der Waals surface area contributed by atoms with Crippen molar-refractivity contribution < 1.29 is 14.3 Å². The van der Waals surface area contributed by atoms with E-state index in [0.29, 0.717) is 17.1 Å². The van der Waals surface area contributed by atoms with E-state index in [2.05, 4.69) is 10.6 Å². The van der Waals surface area contributed by atoms with Gasteiger partial charge in [-0.3, -0.25) is 9.59 Å². The number of amides is 2. The van der Waals surface area contributed by atoms with Crippen molar-refractivity contribution in [1.29, 1.82) is 0 Å². The summed E-state index contributed by atoms with van der Waals surface area (Å²) in [6.07, 6.45) is 0. The lowest BCUT2D eigenvalue weighted by molar-refractivity contribution is -0.123. The third-order valence-corrected chi connectivity index (χ3v) is 3.79. The standard InChI is InChI=1S/C21H26N2O3/c1-14-9-10-15(2)18(11-14)26-13-19(24)22-16-7-6-8-17(12-16)23-20(25)21(3,4)5/h6-12H,13H2,1-5H3,(H,22,24)(H,23,25). The maximum atomic E-state index is 12.2. The van der Waals surface area contributed by atoms with Gasteiger partial charge < -0.3 is 15.4 Å². The molecule has 0 aromatic heterocycles. The first-order chi connectivity index (χ1) is 12.1. The number of carbonyl (C=O) groups is 2. The van der Waals surface area contributed by atoms with Gasteiger partial charge in [-0.1, -0.05) is 39.0 Å². The lowest BCUT2D eigenvalue weighted by Gasteiger charge is -2.18. The summed E-state index contributed by atoms with van der Waals surface area (Å²) in [5, 5.41) is 5.63. The Morgan fingerprint density at radius 2 is 1.62 bits per heavy atom. The molecule has 2 amide bonds. The number of rotatable bonds is 5. The zero-order chi connectivity index (χ0) is 19.3. The first-order valence-corrected chi connectivity index (χ1v) is 8.56. The Balaban J connectivity index is 1.96. The van der Waals surface area contributed by atoms with Crippen LogP contribution in [0.5, 0.6) is 5.75 Å². The van der Waals surface area contributed by atoms with Crippen molar-refractivity contribution in [2.24, 2.45) is 5.41 Å². The van der Waals surface area contributed by atoms with Gasteiger partial charge in [-0.2, -0.15) is 0 Å². The van der Waals surface area contributed by atoms with Crippen LogP contribution in [0.2, 0.25) is 0 Å². The maximum absolute atomic E-state index is 12.2. The van der Waals surface area contributed by atoms with Crippen LogP contribution in [-0.4, -0.2) is 18.4 Å². The largest absolute Gasteiger partial charge is 0.483 e. The molecule has 0 radical (unpaired) electrons. The van der Waals surface area contributed by atoms with Crippen molar-refractivity contribution in [3.8, 4) is 5.75 Å². The molecule has 0 aliphatic carbocycles. The molecule has 0 atom stereocenters. The van der Waals surface area contributed by atoms with Crippen LogP contribution in [-0.2, 0) is 9.59 Å². The summed E-state index contributed by atoms with van der Waals surface area (Å²) < 4.78 is 5.61. The van der Waals surface area contributed by atoms with E-state index >= 15 is 0 Å². The second kappa shape index (κ2) is 8.04. The molecule has 26 heavy (non-hydrogen) atoms. The number of carbonyl (C=O) groups excluding carboxylic acids is 2. The predicted molar refractivity (Wildman–Crippen MR) is 105 cm³/mol. The molecule has 0 saturated heterocycles. The van der Waals surface area contributed by atoms with Crippen molar-refractivity contribution in [2.75, 3.05) is 17.2 Å². The third kappa shape index (κ3) is 5.62.